The molecule has 3 heteroatoms. The van der Waals surface area contributed by atoms with E-state index < -0.39 is 0 Å². The largest absolute Gasteiger partial charge is 0.381 e. The van der Waals surface area contributed by atoms with Gasteiger partial charge in [-0.15, -0.1) is 0 Å². The van der Waals surface area contributed by atoms with E-state index in [4.69, 9.17) is 4.74 Å². The molecule has 0 aromatic heterocycles. The van der Waals surface area contributed by atoms with E-state index in [9.17, 15) is 0 Å². The molecule has 1 heterocycles. The Morgan fingerprint density at radius 2 is 1.62 bits per heavy atom. The normalized spacial score (nSPS) is 19.1. The van der Waals surface area contributed by atoms with Gasteiger partial charge in [-0.1, -0.05) is 34.6 Å². The van der Waals surface area contributed by atoms with Gasteiger partial charge in [0.25, 0.3) is 0 Å². The third-order valence-electron chi connectivity index (χ3n) is 5.55. The van der Waals surface area contributed by atoms with E-state index in [1.165, 1.54) is 32.1 Å². The smallest absolute Gasteiger partial charge is 0.0469 e. The standard InChI is InChI=1S/C18H38N2O/c1-6-13-19-17(16-11-14-21-15-12-16)18(7-2,8-3)20(9-4)10-5/h16-17,19H,6-15H2,1-5H3. The van der Waals surface area contributed by atoms with E-state index in [-0.39, 0.29) is 0 Å². The van der Waals surface area contributed by atoms with Crippen LogP contribution in [0.25, 0.3) is 0 Å². The minimum atomic E-state index is 0.292. The predicted octanol–water partition coefficient (Wildman–Crippen LogP) is 3.68. The molecule has 3 nitrogen and oxygen atoms in total. The first-order chi connectivity index (χ1) is 10.2. The Labute approximate surface area is 132 Å². The second kappa shape index (κ2) is 9.81. The van der Waals surface area contributed by atoms with E-state index in [1.54, 1.807) is 0 Å². The van der Waals surface area contributed by atoms with Crippen molar-refractivity contribution in [2.75, 3.05) is 32.8 Å². The van der Waals surface area contributed by atoms with Crippen LogP contribution in [0.2, 0.25) is 0 Å². The summed E-state index contributed by atoms with van der Waals surface area (Å²) in [4.78, 5) is 2.70. The summed E-state index contributed by atoms with van der Waals surface area (Å²) in [6.45, 7) is 16.9. The quantitative estimate of drug-likeness (QED) is 0.666. The second-order valence-electron chi connectivity index (χ2n) is 6.36. The van der Waals surface area contributed by atoms with E-state index in [1.807, 2.05) is 0 Å². The number of hydrogen-bond acceptors (Lipinski definition) is 3. The van der Waals surface area contributed by atoms with Crippen LogP contribution in [0.5, 0.6) is 0 Å². The minimum Gasteiger partial charge on any atom is -0.381 e. The molecule has 0 amide bonds. The highest BCUT2D eigenvalue weighted by Crippen LogP contribution is 2.35. The average molecular weight is 299 g/mol. The molecule has 1 saturated heterocycles. The molecule has 1 fully saturated rings. The summed E-state index contributed by atoms with van der Waals surface area (Å²) in [5, 5.41) is 3.93. The van der Waals surface area contributed by atoms with Crippen LogP contribution in [0.4, 0.5) is 0 Å². The zero-order valence-electron chi connectivity index (χ0n) is 15.1. The van der Waals surface area contributed by atoms with Crippen molar-refractivity contribution in [2.45, 2.75) is 78.3 Å². The van der Waals surface area contributed by atoms with Gasteiger partial charge in [-0.3, -0.25) is 4.90 Å². The van der Waals surface area contributed by atoms with Gasteiger partial charge in [0.2, 0.25) is 0 Å². The van der Waals surface area contributed by atoms with Crippen LogP contribution >= 0.6 is 0 Å². The van der Waals surface area contributed by atoms with Gasteiger partial charge >= 0.3 is 0 Å². The molecule has 1 aliphatic rings. The van der Waals surface area contributed by atoms with Crippen LogP contribution in [0.15, 0.2) is 0 Å². The van der Waals surface area contributed by atoms with Crippen LogP contribution < -0.4 is 5.32 Å². The lowest BCUT2D eigenvalue weighted by Gasteiger charge is -2.51. The summed E-state index contributed by atoms with van der Waals surface area (Å²) < 4.78 is 5.61. The molecule has 0 aromatic rings. The SMILES string of the molecule is CCCNC(C1CCOCC1)C(CC)(CC)N(CC)CC. The predicted molar refractivity (Wildman–Crippen MR) is 91.9 cm³/mol. The fourth-order valence-corrected chi connectivity index (χ4v) is 4.33. The first kappa shape index (κ1) is 18.9. The summed E-state index contributed by atoms with van der Waals surface area (Å²) in [5.74, 6) is 0.755. The molecular weight excluding hydrogens is 260 g/mol. The Balaban J connectivity index is 3.02. The summed E-state index contributed by atoms with van der Waals surface area (Å²) in [6, 6.07) is 0.594. The fourth-order valence-electron chi connectivity index (χ4n) is 4.33. The molecule has 0 aliphatic carbocycles. The monoisotopic (exact) mass is 298 g/mol. The van der Waals surface area contributed by atoms with Gasteiger partial charge in [0.1, 0.15) is 0 Å². The van der Waals surface area contributed by atoms with Crippen molar-refractivity contribution < 1.29 is 4.74 Å². The van der Waals surface area contributed by atoms with E-state index in [0.29, 0.717) is 11.6 Å². The number of hydrogen-bond donors (Lipinski definition) is 1. The van der Waals surface area contributed by atoms with Gasteiger partial charge in [-0.2, -0.15) is 0 Å². The van der Waals surface area contributed by atoms with E-state index in [2.05, 4.69) is 44.8 Å². The lowest BCUT2D eigenvalue weighted by molar-refractivity contribution is -0.0114. The lowest BCUT2D eigenvalue weighted by atomic mass is 9.73. The average Bonchev–Trinajstić information content (AvgIpc) is 2.55. The summed E-state index contributed by atoms with van der Waals surface area (Å²) in [6.07, 6.45) is 6.09. The number of likely N-dealkylation sites (N-methyl/N-ethyl adjacent to an activating group) is 1. The van der Waals surface area contributed by atoms with Crippen molar-refractivity contribution in [1.29, 1.82) is 0 Å². The van der Waals surface area contributed by atoms with Crippen LogP contribution in [0.1, 0.15) is 66.7 Å². The molecule has 0 saturated carbocycles. The maximum Gasteiger partial charge on any atom is 0.0469 e. The first-order valence-electron chi connectivity index (χ1n) is 9.26. The fraction of sp³-hybridized carbons (Fsp3) is 1.00. The Morgan fingerprint density at radius 1 is 1.05 bits per heavy atom. The van der Waals surface area contributed by atoms with Gasteiger partial charge in [0.15, 0.2) is 0 Å². The molecule has 0 aromatic carbocycles. The zero-order chi connectivity index (χ0) is 15.7. The Kier molecular flexibility index (Phi) is 8.84. The van der Waals surface area contributed by atoms with Crippen molar-refractivity contribution in [2.24, 2.45) is 5.92 Å². The van der Waals surface area contributed by atoms with Crippen LogP contribution in [-0.2, 0) is 4.74 Å². The van der Waals surface area contributed by atoms with Crippen LogP contribution in [0.3, 0.4) is 0 Å². The van der Waals surface area contributed by atoms with E-state index >= 15 is 0 Å². The van der Waals surface area contributed by atoms with Crippen LogP contribution in [-0.4, -0.2) is 49.3 Å². The lowest BCUT2D eigenvalue weighted by Crippen LogP contribution is -2.64. The van der Waals surface area contributed by atoms with Crippen LogP contribution in [0, 0.1) is 5.92 Å². The summed E-state index contributed by atoms with van der Waals surface area (Å²) in [7, 11) is 0. The van der Waals surface area contributed by atoms with Gasteiger partial charge in [-0.25, -0.2) is 0 Å². The third kappa shape index (κ3) is 4.43. The topological polar surface area (TPSA) is 24.5 Å². The zero-order valence-corrected chi connectivity index (χ0v) is 15.1. The first-order valence-corrected chi connectivity index (χ1v) is 9.26. The minimum absolute atomic E-state index is 0.292. The van der Waals surface area contributed by atoms with Crippen molar-refractivity contribution >= 4 is 0 Å². The summed E-state index contributed by atoms with van der Waals surface area (Å²) >= 11 is 0. The number of ether oxygens (including phenoxy) is 1. The Bertz CT molecular complexity index is 256. The highest BCUT2D eigenvalue weighted by atomic mass is 16.5. The molecule has 1 rings (SSSR count). The molecule has 0 bridgehead atoms. The number of nitrogens with zero attached hydrogens (tertiary/aromatic N) is 1. The van der Waals surface area contributed by atoms with Gasteiger partial charge < -0.3 is 10.1 Å². The molecule has 21 heavy (non-hydrogen) atoms. The molecular formula is C18H38N2O. The maximum atomic E-state index is 5.61. The highest BCUT2D eigenvalue weighted by molar-refractivity contribution is 5.02. The number of rotatable bonds is 10. The molecule has 1 unspecified atom stereocenters. The Hall–Kier alpha value is -0.120. The van der Waals surface area contributed by atoms with Crippen molar-refractivity contribution in [3.05, 3.63) is 0 Å². The molecule has 1 atom stereocenters. The van der Waals surface area contributed by atoms with Gasteiger partial charge in [0, 0.05) is 24.8 Å². The van der Waals surface area contributed by atoms with Crippen molar-refractivity contribution in [1.82, 2.24) is 10.2 Å². The van der Waals surface area contributed by atoms with Gasteiger partial charge in [-0.05, 0) is 57.7 Å². The molecule has 1 N–H and O–H groups in total. The van der Waals surface area contributed by atoms with E-state index in [0.717, 1.165) is 38.8 Å². The molecule has 126 valence electrons. The highest BCUT2D eigenvalue weighted by Gasteiger charge is 2.43. The number of nitrogens with one attached hydrogen (secondary N) is 1. The van der Waals surface area contributed by atoms with Gasteiger partial charge in [0.05, 0.1) is 0 Å². The molecule has 1 aliphatic heterocycles. The third-order valence-corrected chi connectivity index (χ3v) is 5.55. The molecule has 0 radical (unpaired) electrons. The second-order valence-corrected chi connectivity index (χ2v) is 6.36. The molecule has 0 spiro atoms. The maximum absolute atomic E-state index is 5.61. The van der Waals surface area contributed by atoms with Crippen molar-refractivity contribution in [3.63, 3.8) is 0 Å². The van der Waals surface area contributed by atoms with Crippen molar-refractivity contribution in [3.8, 4) is 0 Å². The summed E-state index contributed by atoms with van der Waals surface area (Å²) in [5.41, 5.74) is 0.292. The Morgan fingerprint density at radius 3 is 2.05 bits per heavy atom.